The standard InChI is InChI=1S/C22H20FN7O7S2/c23-10-37-27-14(17-26-22(24)39-28-17)18(33)25-15-19(34)30-16(21(35)36)12(9-38-20(15)30)2-1-5-29-6-3-11(4-7-29)8-13(31)32/h1-4,6-7,15,20H,5,8-10H2,(H4-,24,25,26,28,31,32,33,35,36)/p+1/t15-,20+/m1/s1. The second-order valence-corrected chi connectivity index (χ2v) is 9.94. The molecular weight excluding hydrogens is 557 g/mol. The van der Waals surface area contributed by atoms with Crippen molar-refractivity contribution in [2.24, 2.45) is 5.16 Å². The van der Waals surface area contributed by atoms with E-state index in [1.165, 1.54) is 11.8 Å². The molecule has 2 aliphatic rings. The average Bonchev–Trinajstić information content (AvgIpc) is 3.33. The molecule has 0 saturated carbocycles. The largest absolute Gasteiger partial charge is 0.481 e. The van der Waals surface area contributed by atoms with Crippen LogP contribution in [0.5, 0.6) is 0 Å². The summed E-state index contributed by atoms with van der Waals surface area (Å²) >= 11 is 2.03. The molecule has 5 N–H and O–H groups in total. The molecule has 0 aromatic carbocycles. The molecule has 14 nitrogen and oxygen atoms in total. The molecule has 2 aliphatic heterocycles. The molecule has 39 heavy (non-hydrogen) atoms. The molecule has 2 amide bonds. The normalized spacial score (nSPS) is 19.1. The number of carbonyl (C=O) groups is 4. The third-order valence-corrected chi connectivity index (χ3v) is 7.36. The second-order valence-electron chi connectivity index (χ2n) is 8.05. The highest BCUT2D eigenvalue weighted by atomic mass is 32.2. The second kappa shape index (κ2) is 12.0. The number of thioether (sulfide) groups is 1. The zero-order valence-electron chi connectivity index (χ0n) is 19.9. The predicted octanol–water partition coefficient (Wildman–Crippen LogP) is -0.322. The van der Waals surface area contributed by atoms with Crippen LogP contribution in [-0.4, -0.2) is 78.0 Å². The number of halogens is 1. The van der Waals surface area contributed by atoms with Crippen LogP contribution < -0.4 is 15.6 Å². The van der Waals surface area contributed by atoms with Gasteiger partial charge in [0.15, 0.2) is 24.1 Å². The van der Waals surface area contributed by atoms with Gasteiger partial charge in [0.25, 0.3) is 18.7 Å². The van der Waals surface area contributed by atoms with E-state index in [2.05, 4.69) is 24.7 Å². The monoisotopic (exact) mass is 578 g/mol. The first kappa shape index (κ1) is 27.6. The summed E-state index contributed by atoms with van der Waals surface area (Å²) in [7, 11) is 0. The quantitative estimate of drug-likeness (QED) is 0.118. The van der Waals surface area contributed by atoms with Gasteiger partial charge in [-0.3, -0.25) is 19.3 Å². The molecule has 17 heteroatoms. The molecule has 2 aromatic heterocycles. The first-order valence-corrected chi connectivity index (χ1v) is 13.0. The van der Waals surface area contributed by atoms with Crippen molar-refractivity contribution in [2.75, 3.05) is 18.3 Å². The van der Waals surface area contributed by atoms with Crippen molar-refractivity contribution >= 4 is 57.9 Å². The lowest BCUT2D eigenvalue weighted by Crippen LogP contribution is -2.71. The van der Waals surface area contributed by atoms with Gasteiger partial charge in [-0.15, -0.1) is 11.8 Å². The van der Waals surface area contributed by atoms with E-state index in [1.807, 2.05) is 0 Å². The van der Waals surface area contributed by atoms with Crippen LogP contribution in [0.2, 0.25) is 0 Å². The number of amides is 2. The number of carboxylic acid groups (broad SMARTS) is 2. The Kier molecular flexibility index (Phi) is 8.50. The van der Waals surface area contributed by atoms with Gasteiger partial charge in [0.05, 0.1) is 6.42 Å². The number of oxime groups is 1. The fourth-order valence-corrected chi connectivity index (χ4v) is 5.56. The Morgan fingerprint density at radius 2 is 2.08 bits per heavy atom. The number of alkyl halides is 1. The Bertz CT molecular complexity index is 1390. The number of nitrogens with zero attached hydrogens (tertiary/aromatic N) is 5. The predicted molar refractivity (Wildman–Crippen MR) is 135 cm³/mol. The van der Waals surface area contributed by atoms with Crippen molar-refractivity contribution < 1.29 is 43.2 Å². The Morgan fingerprint density at radius 3 is 2.69 bits per heavy atom. The maximum absolute atomic E-state index is 12.9. The van der Waals surface area contributed by atoms with E-state index in [0.29, 0.717) is 17.7 Å². The Balaban J connectivity index is 1.45. The van der Waals surface area contributed by atoms with Gasteiger partial charge in [-0.2, -0.15) is 9.36 Å². The van der Waals surface area contributed by atoms with E-state index in [4.69, 9.17) is 10.8 Å². The van der Waals surface area contributed by atoms with Gasteiger partial charge >= 0.3 is 11.9 Å². The summed E-state index contributed by atoms with van der Waals surface area (Å²) in [6.45, 7) is -0.939. The fourth-order valence-electron chi connectivity index (χ4n) is 3.80. The first-order chi connectivity index (χ1) is 18.7. The van der Waals surface area contributed by atoms with Crippen molar-refractivity contribution in [3.05, 3.63) is 59.3 Å². The molecule has 4 rings (SSSR count). The van der Waals surface area contributed by atoms with Gasteiger partial charge in [0.2, 0.25) is 11.5 Å². The summed E-state index contributed by atoms with van der Waals surface area (Å²) < 4.78 is 18.1. The minimum Gasteiger partial charge on any atom is -0.481 e. The molecular formula is C22H21FN7O7S2+. The van der Waals surface area contributed by atoms with Crippen LogP contribution in [0.15, 0.2) is 53.1 Å². The molecule has 2 atom stereocenters. The number of aliphatic carboxylic acids is 2. The number of anilines is 1. The number of β-lactam (4-membered cyclic amide) rings is 1. The van der Waals surface area contributed by atoms with Gasteiger partial charge in [-0.05, 0) is 17.2 Å². The number of hydrogen-bond donors (Lipinski definition) is 4. The highest BCUT2D eigenvalue weighted by Crippen LogP contribution is 2.40. The van der Waals surface area contributed by atoms with Crippen LogP contribution in [0.25, 0.3) is 0 Å². The number of fused-ring (bicyclic) bond motifs is 1. The summed E-state index contributed by atoms with van der Waals surface area (Å²) in [6, 6.07) is 2.28. The van der Waals surface area contributed by atoms with E-state index < -0.39 is 47.7 Å². The number of carboxylic acids is 2. The van der Waals surface area contributed by atoms with Crippen LogP contribution in [0, 0.1) is 0 Å². The number of nitrogens with two attached hydrogens (primary N) is 1. The van der Waals surface area contributed by atoms with Crippen molar-refractivity contribution in [3.63, 3.8) is 0 Å². The molecule has 1 saturated heterocycles. The van der Waals surface area contributed by atoms with Gasteiger partial charge in [0, 0.05) is 29.4 Å². The molecule has 0 aliphatic carbocycles. The van der Waals surface area contributed by atoms with Crippen molar-refractivity contribution in [2.45, 2.75) is 24.4 Å². The van der Waals surface area contributed by atoms with Crippen LogP contribution in [-0.2, 0) is 37.0 Å². The fraction of sp³-hybridized carbons (Fsp3) is 0.273. The minimum atomic E-state index is -1.32. The van der Waals surface area contributed by atoms with E-state index >= 15 is 0 Å². The Hall–Kier alpha value is -4.38. The number of carbonyl (C=O) groups excluding carboxylic acids is 2. The number of nitrogens with one attached hydrogen (secondary N) is 1. The van der Waals surface area contributed by atoms with Crippen molar-refractivity contribution in [1.29, 1.82) is 0 Å². The lowest BCUT2D eigenvalue weighted by atomic mass is 10.0. The van der Waals surface area contributed by atoms with E-state index in [-0.39, 0.29) is 28.8 Å². The van der Waals surface area contributed by atoms with Crippen molar-refractivity contribution in [3.8, 4) is 0 Å². The smallest absolute Gasteiger partial charge is 0.352 e. The summed E-state index contributed by atoms with van der Waals surface area (Å²) in [5.74, 6) is -3.77. The van der Waals surface area contributed by atoms with Gasteiger partial charge in [0.1, 0.15) is 17.1 Å². The zero-order valence-corrected chi connectivity index (χ0v) is 21.5. The summed E-state index contributed by atoms with van der Waals surface area (Å²) in [6.07, 6.45) is 6.66. The first-order valence-electron chi connectivity index (χ1n) is 11.1. The third kappa shape index (κ3) is 6.20. The van der Waals surface area contributed by atoms with Gasteiger partial charge in [-0.25, -0.2) is 13.8 Å². The highest BCUT2D eigenvalue weighted by molar-refractivity contribution is 8.00. The Morgan fingerprint density at radius 1 is 1.33 bits per heavy atom. The summed E-state index contributed by atoms with van der Waals surface area (Å²) in [4.78, 5) is 57.8. The topological polar surface area (TPSA) is 201 Å². The number of hydrogen-bond acceptors (Lipinski definition) is 11. The Labute approximate surface area is 227 Å². The lowest BCUT2D eigenvalue weighted by Gasteiger charge is -2.49. The number of rotatable bonds is 11. The molecule has 0 bridgehead atoms. The van der Waals surface area contributed by atoms with E-state index in [0.717, 1.165) is 16.4 Å². The highest BCUT2D eigenvalue weighted by Gasteiger charge is 2.54. The van der Waals surface area contributed by atoms with E-state index in [9.17, 15) is 28.7 Å². The van der Waals surface area contributed by atoms with E-state index in [1.54, 1.807) is 41.2 Å². The van der Waals surface area contributed by atoms with Gasteiger partial charge < -0.3 is 26.1 Å². The number of nitrogen functional groups attached to an aromatic ring is 1. The SMILES string of the molecule is Nc1nc(C(=NOCF)C(=O)N[C@@H]2C(=O)N3C(C(=O)O)=C(C=CC[n+]4ccc(CC(=O)O)cc4)CS[C@@H]23)ns1. The van der Waals surface area contributed by atoms with Crippen LogP contribution in [0.1, 0.15) is 11.4 Å². The maximum Gasteiger partial charge on any atom is 0.352 e. The molecule has 4 heterocycles. The molecule has 0 radical (unpaired) electrons. The maximum atomic E-state index is 12.9. The number of pyridine rings is 1. The number of allylic oxidation sites excluding steroid dienone is 2. The minimum absolute atomic E-state index is 0.0323. The lowest BCUT2D eigenvalue weighted by molar-refractivity contribution is -0.687. The summed E-state index contributed by atoms with van der Waals surface area (Å²) in [5.41, 5.74) is 5.90. The van der Waals surface area contributed by atoms with Crippen LogP contribution >= 0.6 is 23.3 Å². The molecule has 0 spiro atoms. The van der Waals surface area contributed by atoms with Crippen molar-refractivity contribution in [1.82, 2.24) is 19.6 Å². The molecule has 2 aromatic rings. The summed E-state index contributed by atoms with van der Waals surface area (Å²) in [5, 5.41) is 23.9. The van der Waals surface area contributed by atoms with Crippen LogP contribution in [0.4, 0.5) is 9.52 Å². The van der Waals surface area contributed by atoms with Crippen LogP contribution in [0.3, 0.4) is 0 Å². The number of aromatic nitrogens is 3. The molecule has 1 fully saturated rings. The average molecular weight is 579 g/mol. The van der Waals surface area contributed by atoms with Gasteiger partial charge in [-0.1, -0.05) is 11.2 Å². The third-order valence-electron chi connectivity index (χ3n) is 5.51. The molecule has 204 valence electrons. The molecule has 0 unspecified atom stereocenters. The zero-order chi connectivity index (χ0) is 28.1.